The first-order valence-corrected chi connectivity index (χ1v) is 7.21. The topological polar surface area (TPSA) is 37.8 Å². The van der Waals surface area contributed by atoms with Gasteiger partial charge in [-0.1, -0.05) is 28.1 Å². The van der Waals surface area contributed by atoms with Gasteiger partial charge in [0.25, 0.3) is 0 Å². The maximum atomic E-state index is 4.44. The Bertz CT molecular complexity index is 756. The lowest BCUT2D eigenvalue weighted by molar-refractivity contribution is 1.07. The van der Waals surface area contributed by atoms with Gasteiger partial charge >= 0.3 is 0 Å². The molecule has 100 valence electrons. The summed E-state index contributed by atoms with van der Waals surface area (Å²) in [6.07, 6.45) is 5.53. The minimum atomic E-state index is 0.721. The molecular weight excluding hydrogens is 314 g/mol. The summed E-state index contributed by atoms with van der Waals surface area (Å²) in [5, 5.41) is 5.67. The summed E-state index contributed by atoms with van der Waals surface area (Å²) in [4.78, 5) is 8.61. The Kier molecular flexibility index (Phi) is 3.65. The molecule has 20 heavy (non-hydrogen) atoms. The summed E-state index contributed by atoms with van der Waals surface area (Å²) >= 11 is 3.57. The average molecular weight is 328 g/mol. The first-order valence-electron chi connectivity index (χ1n) is 6.42. The van der Waals surface area contributed by atoms with E-state index in [-0.39, 0.29) is 0 Å². The van der Waals surface area contributed by atoms with Crippen LogP contribution in [0.2, 0.25) is 0 Å². The highest BCUT2D eigenvalue weighted by Gasteiger charge is 2.05. The Morgan fingerprint density at radius 2 is 2.00 bits per heavy atom. The van der Waals surface area contributed by atoms with Crippen molar-refractivity contribution in [2.75, 3.05) is 5.32 Å². The summed E-state index contributed by atoms with van der Waals surface area (Å²) in [7, 11) is 0. The van der Waals surface area contributed by atoms with Crippen LogP contribution in [0.25, 0.3) is 10.8 Å². The number of anilines is 1. The van der Waals surface area contributed by atoms with E-state index in [1.165, 1.54) is 11.1 Å². The summed E-state index contributed by atoms with van der Waals surface area (Å²) in [5.41, 5.74) is 2.41. The van der Waals surface area contributed by atoms with Gasteiger partial charge in [-0.15, -0.1) is 0 Å². The zero-order valence-corrected chi connectivity index (χ0v) is 12.7. The van der Waals surface area contributed by atoms with Crippen molar-refractivity contribution in [1.29, 1.82) is 0 Å². The number of fused-ring (bicyclic) bond motifs is 1. The fourth-order valence-electron chi connectivity index (χ4n) is 2.17. The van der Waals surface area contributed by atoms with E-state index in [4.69, 9.17) is 0 Å². The minimum Gasteiger partial charge on any atom is -0.365 e. The second-order valence-corrected chi connectivity index (χ2v) is 5.50. The highest BCUT2D eigenvalue weighted by Crippen LogP contribution is 2.27. The Labute approximate surface area is 126 Å². The SMILES string of the molecule is Cc1ccncc1CNc1nccc2c(Br)cccc12. The molecule has 0 fully saturated rings. The van der Waals surface area contributed by atoms with Gasteiger partial charge in [0.1, 0.15) is 5.82 Å². The Balaban J connectivity index is 1.92. The van der Waals surface area contributed by atoms with Crippen molar-refractivity contribution >= 4 is 32.5 Å². The van der Waals surface area contributed by atoms with Gasteiger partial charge in [-0.2, -0.15) is 0 Å². The lowest BCUT2D eigenvalue weighted by Gasteiger charge is -2.10. The van der Waals surface area contributed by atoms with E-state index in [1.54, 1.807) is 0 Å². The normalized spacial score (nSPS) is 10.7. The number of nitrogens with one attached hydrogen (secondary N) is 1. The van der Waals surface area contributed by atoms with Gasteiger partial charge < -0.3 is 5.32 Å². The quantitative estimate of drug-likeness (QED) is 0.778. The van der Waals surface area contributed by atoms with Gasteiger partial charge in [0, 0.05) is 40.4 Å². The van der Waals surface area contributed by atoms with Gasteiger partial charge in [0.15, 0.2) is 0 Å². The van der Waals surface area contributed by atoms with Crippen LogP contribution >= 0.6 is 15.9 Å². The number of rotatable bonds is 3. The van der Waals surface area contributed by atoms with Crippen LogP contribution in [0.3, 0.4) is 0 Å². The van der Waals surface area contributed by atoms with E-state index in [2.05, 4.69) is 44.2 Å². The monoisotopic (exact) mass is 327 g/mol. The molecule has 4 heteroatoms. The van der Waals surface area contributed by atoms with Crippen molar-refractivity contribution in [2.45, 2.75) is 13.5 Å². The number of hydrogen-bond donors (Lipinski definition) is 1. The molecule has 2 aromatic heterocycles. The van der Waals surface area contributed by atoms with Crippen molar-refractivity contribution in [3.63, 3.8) is 0 Å². The largest absolute Gasteiger partial charge is 0.365 e. The number of pyridine rings is 2. The minimum absolute atomic E-state index is 0.721. The first kappa shape index (κ1) is 13.1. The smallest absolute Gasteiger partial charge is 0.134 e. The number of halogens is 1. The molecule has 0 aliphatic heterocycles. The molecule has 0 aliphatic carbocycles. The highest BCUT2D eigenvalue weighted by atomic mass is 79.9. The molecule has 3 rings (SSSR count). The number of aryl methyl sites for hydroxylation is 1. The summed E-state index contributed by atoms with van der Waals surface area (Å²) in [5.74, 6) is 0.895. The molecule has 3 nitrogen and oxygen atoms in total. The van der Waals surface area contributed by atoms with Crippen LogP contribution in [0.5, 0.6) is 0 Å². The van der Waals surface area contributed by atoms with Crippen molar-refractivity contribution in [1.82, 2.24) is 9.97 Å². The third-order valence-electron chi connectivity index (χ3n) is 3.35. The molecule has 0 unspecified atom stereocenters. The van der Waals surface area contributed by atoms with Crippen LogP contribution in [-0.2, 0) is 6.54 Å². The predicted octanol–water partition coefficient (Wildman–Crippen LogP) is 4.31. The third-order valence-corrected chi connectivity index (χ3v) is 4.04. The average Bonchev–Trinajstić information content (AvgIpc) is 2.47. The fourth-order valence-corrected chi connectivity index (χ4v) is 2.67. The molecule has 2 heterocycles. The maximum Gasteiger partial charge on any atom is 0.134 e. The number of aromatic nitrogens is 2. The molecule has 0 saturated carbocycles. The lowest BCUT2D eigenvalue weighted by atomic mass is 10.1. The number of hydrogen-bond acceptors (Lipinski definition) is 3. The van der Waals surface area contributed by atoms with Gasteiger partial charge in [0.2, 0.25) is 0 Å². The second kappa shape index (κ2) is 5.59. The van der Waals surface area contributed by atoms with E-state index in [9.17, 15) is 0 Å². The van der Waals surface area contributed by atoms with E-state index >= 15 is 0 Å². The molecule has 0 amide bonds. The van der Waals surface area contributed by atoms with Gasteiger partial charge in [-0.3, -0.25) is 4.98 Å². The highest BCUT2D eigenvalue weighted by molar-refractivity contribution is 9.10. The van der Waals surface area contributed by atoms with Crippen LogP contribution in [0.4, 0.5) is 5.82 Å². The molecule has 1 aromatic carbocycles. The van der Waals surface area contributed by atoms with Gasteiger partial charge in [-0.05, 0) is 36.2 Å². The van der Waals surface area contributed by atoms with E-state index in [1.807, 2.05) is 42.9 Å². The molecule has 0 radical (unpaired) electrons. The van der Waals surface area contributed by atoms with Crippen molar-refractivity contribution in [2.24, 2.45) is 0 Å². The summed E-state index contributed by atoms with van der Waals surface area (Å²) < 4.78 is 1.08. The van der Waals surface area contributed by atoms with Crippen LogP contribution < -0.4 is 5.32 Å². The Morgan fingerprint density at radius 3 is 2.85 bits per heavy atom. The number of nitrogens with zero attached hydrogens (tertiary/aromatic N) is 2. The molecule has 0 atom stereocenters. The zero-order valence-electron chi connectivity index (χ0n) is 11.1. The second-order valence-electron chi connectivity index (χ2n) is 4.65. The van der Waals surface area contributed by atoms with Crippen LogP contribution in [-0.4, -0.2) is 9.97 Å². The standard InChI is InChI=1S/C16H14BrN3/c1-11-5-7-18-9-12(11)10-20-16-14-3-2-4-15(17)13(14)6-8-19-16/h2-9H,10H2,1H3,(H,19,20). The van der Waals surface area contributed by atoms with Crippen LogP contribution in [0.1, 0.15) is 11.1 Å². The van der Waals surface area contributed by atoms with Crippen molar-refractivity contribution in [3.05, 3.63) is 64.5 Å². The molecule has 0 bridgehead atoms. The summed E-state index contributed by atoms with van der Waals surface area (Å²) in [6, 6.07) is 10.2. The molecule has 0 saturated heterocycles. The molecule has 0 aliphatic rings. The van der Waals surface area contributed by atoms with Crippen LogP contribution in [0.15, 0.2) is 53.4 Å². The van der Waals surface area contributed by atoms with Gasteiger partial charge in [0.05, 0.1) is 0 Å². The Hall–Kier alpha value is -1.94. The number of benzene rings is 1. The fraction of sp³-hybridized carbons (Fsp3) is 0.125. The zero-order chi connectivity index (χ0) is 13.9. The molecule has 3 aromatic rings. The summed E-state index contributed by atoms with van der Waals surface area (Å²) in [6.45, 7) is 2.81. The lowest BCUT2D eigenvalue weighted by Crippen LogP contribution is -2.03. The van der Waals surface area contributed by atoms with E-state index < -0.39 is 0 Å². The predicted molar refractivity (Wildman–Crippen MR) is 85.7 cm³/mol. The van der Waals surface area contributed by atoms with Crippen molar-refractivity contribution in [3.8, 4) is 0 Å². The molecular formula is C16H14BrN3. The third kappa shape index (κ3) is 2.51. The first-order chi connectivity index (χ1) is 9.75. The van der Waals surface area contributed by atoms with E-state index in [0.717, 1.165) is 27.6 Å². The Morgan fingerprint density at radius 1 is 1.10 bits per heavy atom. The van der Waals surface area contributed by atoms with Gasteiger partial charge in [-0.25, -0.2) is 4.98 Å². The van der Waals surface area contributed by atoms with E-state index in [0.29, 0.717) is 0 Å². The van der Waals surface area contributed by atoms with Crippen LogP contribution in [0, 0.1) is 6.92 Å². The maximum absolute atomic E-state index is 4.44. The molecule has 0 spiro atoms. The van der Waals surface area contributed by atoms with Crippen molar-refractivity contribution < 1.29 is 0 Å². The molecule has 1 N–H and O–H groups in total.